The van der Waals surface area contributed by atoms with Gasteiger partial charge in [0, 0.05) is 31.3 Å². The van der Waals surface area contributed by atoms with Crippen molar-refractivity contribution in [3.8, 4) is 0 Å². The minimum Gasteiger partial charge on any atom is -0.383 e. The Labute approximate surface area is 131 Å². The second kappa shape index (κ2) is 8.17. The second-order valence-electron chi connectivity index (χ2n) is 5.02. The summed E-state index contributed by atoms with van der Waals surface area (Å²) in [6, 6.07) is 10.7. The van der Waals surface area contributed by atoms with Gasteiger partial charge in [-0.15, -0.1) is 0 Å². The molecule has 0 fully saturated rings. The fraction of sp³-hybridized carbons (Fsp3) is 0.353. The van der Waals surface area contributed by atoms with Crippen molar-refractivity contribution in [2.75, 3.05) is 20.3 Å². The molecule has 0 aliphatic rings. The molecular formula is C17H22N2OS. The van der Waals surface area contributed by atoms with E-state index >= 15 is 0 Å². The zero-order valence-corrected chi connectivity index (χ0v) is 13.7. The Hall–Kier alpha value is -1.36. The lowest BCUT2D eigenvalue weighted by atomic mass is 10.1. The fourth-order valence-corrected chi connectivity index (χ4v) is 2.74. The van der Waals surface area contributed by atoms with Gasteiger partial charge < -0.3 is 10.1 Å². The van der Waals surface area contributed by atoms with E-state index in [9.17, 15) is 0 Å². The van der Waals surface area contributed by atoms with E-state index in [-0.39, 0.29) is 0 Å². The summed E-state index contributed by atoms with van der Waals surface area (Å²) in [5.41, 5.74) is 3.83. The zero-order chi connectivity index (χ0) is 15.1. The first-order valence-corrected chi connectivity index (χ1v) is 7.90. The molecule has 0 unspecified atom stereocenters. The summed E-state index contributed by atoms with van der Waals surface area (Å²) >= 11 is 1.70. The molecule has 1 N–H and O–H groups in total. The van der Waals surface area contributed by atoms with E-state index in [0.717, 1.165) is 24.7 Å². The number of pyridine rings is 1. The van der Waals surface area contributed by atoms with Gasteiger partial charge in [-0.1, -0.05) is 23.9 Å². The van der Waals surface area contributed by atoms with Crippen LogP contribution in [0.2, 0.25) is 0 Å². The highest BCUT2D eigenvalue weighted by Crippen LogP contribution is 2.27. The van der Waals surface area contributed by atoms with Crippen molar-refractivity contribution < 1.29 is 4.74 Å². The quantitative estimate of drug-likeness (QED) is 0.793. The number of ether oxygens (including phenoxy) is 1. The number of hydrogen-bond acceptors (Lipinski definition) is 4. The Bertz CT molecular complexity index is 570. The minimum absolute atomic E-state index is 0.730. The summed E-state index contributed by atoms with van der Waals surface area (Å²) in [5.74, 6) is 0. The SMILES string of the molecule is COCCNCc1ccc(Sc2ccc(C)c(C)c2)nc1. The lowest BCUT2D eigenvalue weighted by molar-refractivity contribution is 0.199. The Balaban J connectivity index is 1.91. The van der Waals surface area contributed by atoms with Crippen LogP contribution in [0.3, 0.4) is 0 Å². The predicted octanol–water partition coefficient (Wildman–Crippen LogP) is 3.59. The van der Waals surface area contributed by atoms with Crippen molar-refractivity contribution in [2.24, 2.45) is 0 Å². The maximum Gasteiger partial charge on any atom is 0.101 e. The van der Waals surface area contributed by atoms with Gasteiger partial charge in [-0.25, -0.2) is 4.98 Å². The molecule has 0 spiro atoms. The number of aromatic nitrogens is 1. The van der Waals surface area contributed by atoms with Crippen LogP contribution in [0.4, 0.5) is 0 Å². The topological polar surface area (TPSA) is 34.1 Å². The monoisotopic (exact) mass is 302 g/mol. The predicted molar refractivity (Wildman–Crippen MR) is 87.9 cm³/mol. The van der Waals surface area contributed by atoms with E-state index in [1.54, 1.807) is 18.9 Å². The van der Waals surface area contributed by atoms with Gasteiger partial charge in [0.25, 0.3) is 0 Å². The molecule has 0 saturated heterocycles. The first-order valence-electron chi connectivity index (χ1n) is 7.09. The van der Waals surface area contributed by atoms with Crippen molar-refractivity contribution in [3.05, 3.63) is 53.2 Å². The minimum atomic E-state index is 0.730. The number of benzene rings is 1. The van der Waals surface area contributed by atoms with Gasteiger partial charge in [0.2, 0.25) is 0 Å². The summed E-state index contributed by atoms with van der Waals surface area (Å²) in [6.45, 7) is 6.68. The van der Waals surface area contributed by atoms with E-state index in [1.165, 1.54) is 21.6 Å². The number of nitrogens with one attached hydrogen (secondary N) is 1. The molecule has 0 bridgehead atoms. The number of nitrogens with zero attached hydrogens (tertiary/aromatic N) is 1. The molecule has 21 heavy (non-hydrogen) atoms. The molecule has 3 nitrogen and oxygen atoms in total. The van der Waals surface area contributed by atoms with Crippen LogP contribution in [0.15, 0.2) is 46.5 Å². The molecule has 1 heterocycles. The average molecular weight is 302 g/mol. The second-order valence-corrected chi connectivity index (χ2v) is 6.12. The van der Waals surface area contributed by atoms with Crippen LogP contribution in [-0.4, -0.2) is 25.2 Å². The molecule has 112 valence electrons. The maximum absolute atomic E-state index is 5.00. The average Bonchev–Trinajstić information content (AvgIpc) is 2.49. The van der Waals surface area contributed by atoms with Crippen LogP contribution >= 0.6 is 11.8 Å². The standard InChI is InChI=1S/C17H22N2OS/c1-13-4-6-16(10-14(13)2)21-17-7-5-15(12-19-17)11-18-8-9-20-3/h4-7,10,12,18H,8-9,11H2,1-3H3. The van der Waals surface area contributed by atoms with E-state index < -0.39 is 0 Å². The van der Waals surface area contributed by atoms with E-state index in [2.05, 4.69) is 54.5 Å². The summed E-state index contributed by atoms with van der Waals surface area (Å²) in [7, 11) is 1.71. The van der Waals surface area contributed by atoms with Crippen molar-refractivity contribution >= 4 is 11.8 Å². The van der Waals surface area contributed by atoms with E-state index in [0.29, 0.717) is 0 Å². The highest BCUT2D eigenvalue weighted by molar-refractivity contribution is 7.99. The normalized spacial score (nSPS) is 10.8. The largest absolute Gasteiger partial charge is 0.383 e. The fourth-order valence-electron chi connectivity index (χ4n) is 1.88. The Morgan fingerprint density at radius 3 is 2.67 bits per heavy atom. The Morgan fingerprint density at radius 1 is 1.14 bits per heavy atom. The Morgan fingerprint density at radius 2 is 2.00 bits per heavy atom. The maximum atomic E-state index is 5.00. The number of aryl methyl sites for hydroxylation is 2. The molecular weight excluding hydrogens is 280 g/mol. The highest BCUT2D eigenvalue weighted by atomic mass is 32.2. The van der Waals surface area contributed by atoms with Gasteiger partial charge >= 0.3 is 0 Å². The molecule has 0 amide bonds. The Kier molecular flexibility index (Phi) is 6.23. The summed E-state index contributed by atoms with van der Waals surface area (Å²) < 4.78 is 5.00. The number of rotatable bonds is 7. The van der Waals surface area contributed by atoms with E-state index in [1.807, 2.05) is 6.20 Å². The van der Waals surface area contributed by atoms with Crippen LogP contribution in [0.1, 0.15) is 16.7 Å². The molecule has 4 heteroatoms. The van der Waals surface area contributed by atoms with Gasteiger partial charge in [0.1, 0.15) is 5.03 Å². The molecule has 0 aliphatic heterocycles. The molecule has 2 rings (SSSR count). The molecule has 0 radical (unpaired) electrons. The third kappa shape index (κ3) is 5.16. The van der Waals surface area contributed by atoms with Gasteiger partial charge in [0.05, 0.1) is 6.61 Å². The van der Waals surface area contributed by atoms with Gasteiger partial charge in [-0.05, 0) is 48.7 Å². The van der Waals surface area contributed by atoms with Crippen LogP contribution in [0, 0.1) is 13.8 Å². The molecule has 1 aromatic heterocycles. The molecule has 1 aromatic carbocycles. The molecule has 0 atom stereocenters. The van der Waals surface area contributed by atoms with Gasteiger partial charge in [-0.3, -0.25) is 0 Å². The summed E-state index contributed by atoms with van der Waals surface area (Å²) in [6.07, 6.45) is 1.93. The van der Waals surface area contributed by atoms with Crippen LogP contribution in [0.5, 0.6) is 0 Å². The number of methoxy groups -OCH3 is 1. The van der Waals surface area contributed by atoms with Gasteiger partial charge in [0.15, 0.2) is 0 Å². The molecule has 0 aliphatic carbocycles. The van der Waals surface area contributed by atoms with Crippen molar-refractivity contribution in [3.63, 3.8) is 0 Å². The number of hydrogen-bond donors (Lipinski definition) is 1. The lowest BCUT2D eigenvalue weighted by Gasteiger charge is -2.06. The van der Waals surface area contributed by atoms with Crippen LogP contribution in [0.25, 0.3) is 0 Å². The van der Waals surface area contributed by atoms with Crippen molar-refractivity contribution in [1.29, 1.82) is 0 Å². The third-order valence-corrected chi connectivity index (χ3v) is 4.25. The van der Waals surface area contributed by atoms with Crippen molar-refractivity contribution in [1.82, 2.24) is 10.3 Å². The third-order valence-electron chi connectivity index (χ3n) is 3.31. The summed E-state index contributed by atoms with van der Waals surface area (Å²) in [4.78, 5) is 5.75. The van der Waals surface area contributed by atoms with Crippen LogP contribution < -0.4 is 5.32 Å². The van der Waals surface area contributed by atoms with Gasteiger partial charge in [-0.2, -0.15) is 0 Å². The van der Waals surface area contributed by atoms with Crippen molar-refractivity contribution in [2.45, 2.75) is 30.3 Å². The lowest BCUT2D eigenvalue weighted by Crippen LogP contribution is -2.18. The van der Waals surface area contributed by atoms with Crippen LogP contribution in [-0.2, 0) is 11.3 Å². The summed E-state index contributed by atoms with van der Waals surface area (Å²) in [5, 5.41) is 4.34. The first kappa shape index (κ1) is 16.0. The smallest absolute Gasteiger partial charge is 0.101 e. The molecule has 2 aromatic rings. The molecule has 0 saturated carbocycles. The highest BCUT2D eigenvalue weighted by Gasteiger charge is 2.01. The van der Waals surface area contributed by atoms with E-state index in [4.69, 9.17) is 4.74 Å². The zero-order valence-electron chi connectivity index (χ0n) is 12.8. The first-order chi connectivity index (χ1) is 10.2.